The summed E-state index contributed by atoms with van der Waals surface area (Å²) in [5.74, 6) is 5.91. The summed E-state index contributed by atoms with van der Waals surface area (Å²) in [7, 11) is -7.49. The van der Waals surface area contributed by atoms with Crippen LogP contribution in [0.25, 0.3) is 0 Å². The molecule has 0 bridgehead atoms. The van der Waals surface area contributed by atoms with Crippen LogP contribution < -0.4 is 0 Å². The third-order valence-electron chi connectivity index (χ3n) is 3.26. The zero-order chi connectivity index (χ0) is 19.5. The molecular formula is C18H28O6P2. The molecule has 0 fully saturated rings. The fraction of sp³-hybridized carbons (Fsp3) is 0.556. The van der Waals surface area contributed by atoms with Gasteiger partial charge in [0.05, 0.1) is 26.4 Å². The van der Waals surface area contributed by atoms with Gasteiger partial charge in [-0.05, 0) is 39.8 Å². The van der Waals surface area contributed by atoms with Crippen molar-refractivity contribution in [2.75, 3.05) is 26.4 Å². The lowest BCUT2D eigenvalue weighted by atomic mass is 10.2. The lowest BCUT2D eigenvalue weighted by Gasteiger charge is -2.30. The van der Waals surface area contributed by atoms with Crippen molar-refractivity contribution < 1.29 is 27.2 Å². The molecule has 1 aromatic carbocycles. The van der Waals surface area contributed by atoms with Gasteiger partial charge in [-0.2, -0.15) is 0 Å². The number of hydrogen-bond acceptors (Lipinski definition) is 6. The second-order valence-corrected chi connectivity index (χ2v) is 9.95. The van der Waals surface area contributed by atoms with E-state index in [1.54, 1.807) is 27.7 Å². The van der Waals surface area contributed by atoms with Crippen molar-refractivity contribution in [2.24, 2.45) is 0 Å². The third-order valence-corrected chi connectivity index (χ3v) is 9.25. The summed E-state index contributed by atoms with van der Waals surface area (Å²) in [6, 6.07) is 9.36. The lowest BCUT2D eigenvalue weighted by Crippen LogP contribution is -2.17. The van der Waals surface area contributed by atoms with Crippen LogP contribution in [0.1, 0.15) is 39.7 Å². The Hall–Kier alpha value is -0.920. The van der Waals surface area contributed by atoms with Gasteiger partial charge in [0.1, 0.15) is 0 Å². The van der Waals surface area contributed by atoms with Crippen LogP contribution in [0.2, 0.25) is 0 Å². The molecule has 0 amide bonds. The van der Waals surface area contributed by atoms with Gasteiger partial charge in [0, 0.05) is 12.0 Å². The Morgan fingerprint density at radius 3 is 1.62 bits per heavy atom. The van der Waals surface area contributed by atoms with Gasteiger partial charge in [-0.3, -0.25) is 9.13 Å². The zero-order valence-electron chi connectivity index (χ0n) is 15.8. The first-order valence-electron chi connectivity index (χ1n) is 8.77. The van der Waals surface area contributed by atoms with Crippen molar-refractivity contribution in [3.05, 3.63) is 35.9 Å². The molecule has 0 aliphatic carbocycles. The molecule has 0 aliphatic heterocycles. The van der Waals surface area contributed by atoms with Crippen molar-refractivity contribution in [1.29, 1.82) is 0 Å². The van der Waals surface area contributed by atoms with Crippen molar-refractivity contribution in [2.45, 2.75) is 39.5 Å². The van der Waals surface area contributed by atoms with Crippen LogP contribution in [-0.2, 0) is 27.2 Å². The topological polar surface area (TPSA) is 71.1 Å². The average molecular weight is 402 g/mol. The van der Waals surface area contributed by atoms with Gasteiger partial charge < -0.3 is 18.1 Å². The van der Waals surface area contributed by atoms with Crippen LogP contribution in [-0.4, -0.2) is 31.8 Å². The monoisotopic (exact) mass is 402 g/mol. The van der Waals surface area contributed by atoms with Crippen molar-refractivity contribution in [3.63, 3.8) is 0 Å². The SMILES string of the molecule is CCOP(=O)(OCC)C(CC#Cc1ccccc1)P(=O)(OCC)OCC. The van der Waals surface area contributed by atoms with Gasteiger partial charge in [0.15, 0.2) is 5.40 Å². The first-order valence-corrected chi connectivity index (χ1v) is 12.0. The zero-order valence-corrected chi connectivity index (χ0v) is 17.6. The van der Waals surface area contributed by atoms with Gasteiger partial charge in [-0.1, -0.05) is 30.0 Å². The maximum atomic E-state index is 13.3. The predicted octanol–water partition coefficient (Wildman–Crippen LogP) is 5.29. The molecule has 0 aromatic heterocycles. The highest BCUT2D eigenvalue weighted by Crippen LogP contribution is 2.71. The van der Waals surface area contributed by atoms with Crippen LogP contribution in [0.3, 0.4) is 0 Å². The molecule has 0 spiro atoms. The Balaban J connectivity index is 3.25. The van der Waals surface area contributed by atoms with Gasteiger partial charge in [-0.25, -0.2) is 0 Å². The molecule has 0 radical (unpaired) electrons. The number of benzene rings is 1. The Morgan fingerprint density at radius 2 is 1.23 bits per heavy atom. The highest BCUT2D eigenvalue weighted by Gasteiger charge is 2.50. The minimum atomic E-state index is -3.75. The van der Waals surface area contributed by atoms with Crippen molar-refractivity contribution >= 4 is 15.2 Å². The van der Waals surface area contributed by atoms with E-state index in [0.717, 1.165) is 5.56 Å². The number of hydrogen-bond donors (Lipinski definition) is 0. The van der Waals surface area contributed by atoms with Gasteiger partial charge in [-0.15, -0.1) is 0 Å². The van der Waals surface area contributed by atoms with Crippen LogP contribution in [0, 0.1) is 11.8 Å². The summed E-state index contributed by atoms with van der Waals surface area (Å²) in [6.07, 6.45) is 0.00342. The summed E-state index contributed by atoms with van der Waals surface area (Å²) in [4.78, 5) is 0. The van der Waals surface area contributed by atoms with Gasteiger partial charge in [0.25, 0.3) is 0 Å². The standard InChI is InChI=1S/C18H28O6P2/c1-5-21-25(19,22-6-2)18(26(20,23-7-3)24-8-4)16-12-15-17-13-10-9-11-14-17/h9-11,13-14,18H,5-8,16H2,1-4H3. The second kappa shape index (κ2) is 11.7. The average Bonchev–Trinajstić information content (AvgIpc) is 2.60. The molecule has 0 heterocycles. The summed E-state index contributed by atoms with van der Waals surface area (Å²) in [5, 5.41) is -1.11. The highest BCUT2D eigenvalue weighted by molar-refractivity contribution is 7.72. The molecule has 0 unspecified atom stereocenters. The van der Waals surface area contributed by atoms with E-state index in [-0.39, 0.29) is 32.8 Å². The first kappa shape index (κ1) is 23.1. The third kappa shape index (κ3) is 6.67. The Kier molecular flexibility index (Phi) is 10.4. The normalized spacial score (nSPS) is 12.0. The first-order chi connectivity index (χ1) is 12.5. The molecule has 0 aliphatic rings. The van der Waals surface area contributed by atoms with E-state index in [2.05, 4.69) is 11.8 Å². The van der Waals surface area contributed by atoms with Gasteiger partial charge >= 0.3 is 15.2 Å². The summed E-state index contributed by atoms with van der Waals surface area (Å²) in [6.45, 7) is 7.40. The molecule has 0 N–H and O–H groups in total. The van der Waals surface area contributed by atoms with Crippen LogP contribution in [0.4, 0.5) is 0 Å². The van der Waals surface area contributed by atoms with E-state index < -0.39 is 20.6 Å². The van der Waals surface area contributed by atoms with E-state index in [0.29, 0.717) is 0 Å². The fourth-order valence-electron chi connectivity index (χ4n) is 2.30. The highest BCUT2D eigenvalue weighted by atomic mass is 31.2. The predicted molar refractivity (Wildman–Crippen MR) is 103 cm³/mol. The Bertz CT molecular complexity index is 630. The van der Waals surface area contributed by atoms with E-state index in [9.17, 15) is 9.13 Å². The molecule has 26 heavy (non-hydrogen) atoms. The number of rotatable bonds is 11. The molecule has 6 nitrogen and oxygen atoms in total. The molecule has 0 saturated carbocycles. The van der Waals surface area contributed by atoms with E-state index >= 15 is 0 Å². The molecular weight excluding hydrogens is 374 g/mol. The van der Waals surface area contributed by atoms with E-state index in [1.165, 1.54) is 0 Å². The summed E-state index contributed by atoms with van der Waals surface area (Å²) in [5.41, 5.74) is 0.802. The van der Waals surface area contributed by atoms with E-state index in [1.807, 2.05) is 30.3 Å². The minimum Gasteiger partial charge on any atom is -0.308 e. The second-order valence-electron chi connectivity index (χ2n) is 5.10. The summed E-state index contributed by atoms with van der Waals surface area (Å²) < 4.78 is 48.2. The largest absolute Gasteiger partial charge is 0.346 e. The molecule has 0 saturated heterocycles. The van der Waals surface area contributed by atoms with Crippen LogP contribution >= 0.6 is 15.2 Å². The maximum Gasteiger partial charge on any atom is 0.346 e. The molecule has 1 aromatic rings. The van der Waals surface area contributed by atoms with Crippen LogP contribution in [0.15, 0.2) is 30.3 Å². The van der Waals surface area contributed by atoms with Crippen molar-refractivity contribution in [3.8, 4) is 11.8 Å². The molecule has 8 heteroatoms. The summed E-state index contributed by atoms with van der Waals surface area (Å²) >= 11 is 0. The fourth-order valence-corrected chi connectivity index (χ4v) is 7.39. The Morgan fingerprint density at radius 1 is 0.808 bits per heavy atom. The molecule has 1 rings (SSSR count). The molecule has 146 valence electrons. The van der Waals surface area contributed by atoms with Crippen molar-refractivity contribution in [1.82, 2.24) is 0 Å². The molecule has 0 atom stereocenters. The minimum absolute atomic E-state index is 0.00342. The quantitative estimate of drug-likeness (QED) is 0.370. The lowest BCUT2D eigenvalue weighted by molar-refractivity contribution is 0.195. The smallest absolute Gasteiger partial charge is 0.308 e. The van der Waals surface area contributed by atoms with Gasteiger partial charge in [0.2, 0.25) is 0 Å². The maximum absolute atomic E-state index is 13.3. The van der Waals surface area contributed by atoms with Crippen LogP contribution in [0.5, 0.6) is 0 Å². The van der Waals surface area contributed by atoms with E-state index in [4.69, 9.17) is 18.1 Å². The Labute approximate surface area is 156 Å².